The standard InChI is InChI=1S/C11H11N5S/c1-8-15-10(7-17-8)3-5-14-11-13-4-2-9(6-12)16-11/h2,4,7H,3,5H2,1H3,(H,13,14,16). The second kappa shape index (κ2) is 5.37. The second-order valence-corrected chi connectivity index (χ2v) is 4.47. The minimum absolute atomic E-state index is 0.368. The Kier molecular flexibility index (Phi) is 3.62. The highest BCUT2D eigenvalue weighted by Crippen LogP contribution is 2.08. The Morgan fingerprint density at radius 1 is 1.47 bits per heavy atom. The van der Waals surface area contributed by atoms with Crippen LogP contribution in [0.4, 0.5) is 5.95 Å². The first kappa shape index (κ1) is 11.5. The molecule has 0 atom stereocenters. The van der Waals surface area contributed by atoms with Crippen LogP contribution in [0.2, 0.25) is 0 Å². The van der Waals surface area contributed by atoms with Crippen LogP contribution < -0.4 is 5.32 Å². The van der Waals surface area contributed by atoms with E-state index in [2.05, 4.69) is 20.3 Å². The third-order valence-corrected chi connectivity index (χ3v) is 2.92. The average Bonchev–Trinajstić information content (AvgIpc) is 2.75. The maximum Gasteiger partial charge on any atom is 0.223 e. The van der Waals surface area contributed by atoms with Crippen molar-refractivity contribution in [1.29, 1.82) is 5.26 Å². The van der Waals surface area contributed by atoms with Crippen LogP contribution in [0, 0.1) is 18.3 Å². The Balaban J connectivity index is 1.88. The Bertz CT molecular complexity index is 543. The largest absolute Gasteiger partial charge is 0.354 e. The first-order chi connectivity index (χ1) is 8.28. The molecule has 1 N–H and O–H groups in total. The summed E-state index contributed by atoms with van der Waals surface area (Å²) in [6.45, 7) is 2.69. The number of rotatable bonds is 4. The van der Waals surface area contributed by atoms with E-state index >= 15 is 0 Å². The van der Waals surface area contributed by atoms with E-state index in [4.69, 9.17) is 5.26 Å². The third kappa shape index (κ3) is 3.23. The van der Waals surface area contributed by atoms with Crippen LogP contribution in [0.15, 0.2) is 17.6 Å². The SMILES string of the molecule is Cc1nc(CCNc2nccc(C#N)n2)cs1. The van der Waals surface area contributed by atoms with Gasteiger partial charge in [0.25, 0.3) is 0 Å². The molecule has 2 aromatic heterocycles. The second-order valence-electron chi connectivity index (χ2n) is 3.41. The lowest BCUT2D eigenvalue weighted by Gasteiger charge is -2.02. The topological polar surface area (TPSA) is 74.5 Å². The summed E-state index contributed by atoms with van der Waals surface area (Å²) in [7, 11) is 0. The average molecular weight is 245 g/mol. The minimum Gasteiger partial charge on any atom is -0.354 e. The molecule has 0 radical (unpaired) electrons. The van der Waals surface area contributed by atoms with Gasteiger partial charge in [0.2, 0.25) is 5.95 Å². The van der Waals surface area contributed by atoms with Gasteiger partial charge in [-0.05, 0) is 13.0 Å². The maximum absolute atomic E-state index is 8.69. The fourth-order valence-corrected chi connectivity index (χ4v) is 1.98. The van der Waals surface area contributed by atoms with Gasteiger partial charge in [0, 0.05) is 24.5 Å². The summed E-state index contributed by atoms with van der Waals surface area (Å²) in [6, 6.07) is 3.56. The molecule has 2 aromatic rings. The molecule has 0 aromatic carbocycles. The molecule has 0 aliphatic carbocycles. The van der Waals surface area contributed by atoms with Gasteiger partial charge in [0.15, 0.2) is 0 Å². The smallest absolute Gasteiger partial charge is 0.223 e. The normalized spacial score (nSPS) is 9.88. The number of thiazole rings is 1. The summed E-state index contributed by atoms with van der Waals surface area (Å²) in [6.07, 6.45) is 2.39. The summed E-state index contributed by atoms with van der Waals surface area (Å²) in [5, 5.41) is 14.9. The number of nitriles is 1. The fraction of sp³-hybridized carbons (Fsp3) is 0.273. The van der Waals surface area contributed by atoms with Crippen molar-refractivity contribution in [2.45, 2.75) is 13.3 Å². The summed E-state index contributed by atoms with van der Waals surface area (Å²) in [5.41, 5.74) is 1.43. The zero-order valence-electron chi connectivity index (χ0n) is 9.34. The van der Waals surface area contributed by atoms with Gasteiger partial charge in [-0.25, -0.2) is 15.0 Å². The Morgan fingerprint density at radius 3 is 3.06 bits per heavy atom. The summed E-state index contributed by atoms with van der Waals surface area (Å²) < 4.78 is 0. The van der Waals surface area contributed by atoms with E-state index < -0.39 is 0 Å². The molecule has 0 saturated heterocycles. The van der Waals surface area contributed by atoms with Crippen LogP contribution >= 0.6 is 11.3 Å². The van der Waals surface area contributed by atoms with Crippen molar-refractivity contribution in [1.82, 2.24) is 15.0 Å². The molecule has 6 heteroatoms. The molecule has 2 rings (SSSR count). The number of aromatic nitrogens is 3. The predicted octanol–water partition coefficient (Wildman–Crippen LogP) is 1.77. The molecule has 2 heterocycles. The van der Waals surface area contributed by atoms with Crippen LogP contribution in [-0.2, 0) is 6.42 Å². The van der Waals surface area contributed by atoms with Gasteiger partial charge in [-0.3, -0.25) is 0 Å². The van der Waals surface area contributed by atoms with Gasteiger partial charge in [-0.1, -0.05) is 0 Å². The van der Waals surface area contributed by atoms with Gasteiger partial charge < -0.3 is 5.32 Å². The Morgan fingerprint density at radius 2 is 2.35 bits per heavy atom. The molecule has 17 heavy (non-hydrogen) atoms. The van der Waals surface area contributed by atoms with Crippen molar-refractivity contribution in [3.63, 3.8) is 0 Å². The molecular formula is C11H11N5S. The number of nitrogens with one attached hydrogen (secondary N) is 1. The van der Waals surface area contributed by atoms with Crippen LogP contribution in [0.25, 0.3) is 0 Å². The highest BCUT2D eigenvalue weighted by atomic mass is 32.1. The first-order valence-electron chi connectivity index (χ1n) is 5.16. The zero-order chi connectivity index (χ0) is 12.1. The van der Waals surface area contributed by atoms with Crippen LogP contribution in [0.1, 0.15) is 16.4 Å². The molecule has 0 aliphatic heterocycles. The van der Waals surface area contributed by atoms with Gasteiger partial charge in [0.05, 0.1) is 10.7 Å². The van der Waals surface area contributed by atoms with E-state index in [0.717, 1.165) is 17.1 Å². The van der Waals surface area contributed by atoms with Gasteiger partial charge in [0.1, 0.15) is 11.8 Å². The number of hydrogen-bond donors (Lipinski definition) is 1. The molecule has 0 unspecified atom stereocenters. The van der Waals surface area contributed by atoms with E-state index in [1.165, 1.54) is 0 Å². The van der Waals surface area contributed by atoms with E-state index in [1.54, 1.807) is 23.6 Å². The molecular weight excluding hydrogens is 234 g/mol. The van der Waals surface area contributed by atoms with Crippen molar-refractivity contribution < 1.29 is 0 Å². The lowest BCUT2D eigenvalue weighted by molar-refractivity contribution is 0.945. The van der Waals surface area contributed by atoms with Crippen LogP contribution in [0.5, 0.6) is 0 Å². The lowest BCUT2D eigenvalue weighted by atomic mass is 10.3. The van der Waals surface area contributed by atoms with Crippen LogP contribution in [-0.4, -0.2) is 21.5 Å². The predicted molar refractivity (Wildman–Crippen MR) is 65.8 cm³/mol. The highest BCUT2D eigenvalue weighted by Gasteiger charge is 2.00. The van der Waals surface area contributed by atoms with Crippen molar-refractivity contribution in [2.75, 3.05) is 11.9 Å². The summed E-state index contributed by atoms with van der Waals surface area (Å²) in [5.74, 6) is 0.482. The van der Waals surface area contributed by atoms with Gasteiger partial charge in [-0.2, -0.15) is 5.26 Å². The highest BCUT2D eigenvalue weighted by molar-refractivity contribution is 7.09. The summed E-state index contributed by atoms with van der Waals surface area (Å²) >= 11 is 1.64. The van der Waals surface area contributed by atoms with E-state index in [1.807, 2.05) is 18.4 Å². The molecule has 5 nitrogen and oxygen atoms in total. The molecule has 86 valence electrons. The first-order valence-corrected chi connectivity index (χ1v) is 6.04. The maximum atomic E-state index is 8.69. The number of aryl methyl sites for hydroxylation is 1. The van der Waals surface area contributed by atoms with E-state index in [0.29, 0.717) is 18.2 Å². The molecule has 0 amide bonds. The van der Waals surface area contributed by atoms with Gasteiger partial charge in [-0.15, -0.1) is 11.3 Å². The van der Waals surface area contributed by atoms with Crippen molar-refractivity contribution in [3.8, 4) is 6.07 Å². The molecule has 0 fully saturated rings. The van der Waals surface area contributed by atoms with Crippen molar-refractivity contribution in [3.05, 3.63) is 34.0 Å². The minimum atomic E-state index is 0.368. The molecule has 0 aliphatic rings. The van der Waals surface area contributed by atoms with Gasteiger partial charge >= 0.3 is 0 Å². The molecule has 0 bridgehead atoms. The molecule has 0 saturated carbocycles. The Labute approximate surface area is 103 Å². The number of nitrogens with zero attached hydrogens (tertiary/aromatic N) is 4. The Hall–Kier alpha value is -2.00. The number of hydrogen-bond acceptors (Lipinski definition) is 6. The van der Waals surface area contributed by atoms with E-state index in [-0.39, 0.29) is 0 Å². The monoisotopic (exact) mass is 245 g/mol. The number of anilines is 1. The quantitative estimate of drug-likeness (QED) is 0.888. The fourth-order valence-electron chi connectivity index (χ4n) is 1.33. The molecule has 0 spiro atoms. The van der Waals surface area contributed by atoms with Crippen LogP contribution in [0.3, 0.4) is 0 Å². The van der Waals surface area contributed by atoms with E-state index in [9.17, 15) is 0 Å². The van der Waals surface area contributed by atoms with Crippen molar-refractivity contribution >= 4 is 17.3 Å². The lowest BCUT2D eigenvalue weighted by Crippen LogP contribution is -2.08. The van der Waals surface area contributed by atoms with Crippen molar-refractivity contribution in [2.24, 2.45) is 0 Å². The zero-order valence-corrected chi connectivity index (χ0v) is 10.2. The third-order valence-electron chi connectivity index (χ3n) is 2.10. The summed E-state index contributed by atoms with van der Waals surface area (Å²) in [4.78, 5) is 12.4.